The average molecular weight is 350 g/mol. The number of nitrogens with one attached hydrogen (secondary N) is 1. The second-order valence-corrected chi connectivity index (χ2v) is 6.69. The minimum Gasteiger partial charge on any atom is -0.496 e. The molecule has 0 heterocycles. The standard InChI is InChI=1S/C18H20ClNO2S/c1-13(16-5-3-4-6-17(16)22-2)20-18(21)11-12-23-15-9-7-14(19)8-10-15/h3-10,13H,11-12H2,1-2H3,(H,20,21). The van der Waals surface area contributed by atoms with Gasteiger partial charge in [-0.15, -0.1) is 11.8 Å². The van der Waals surface area contributed by atoms with Gasteiger partial charge in [-0.3, -0.25) is 4.79 Å². The summed E-state index contributed by atoms with van der Waals surface area (Å²) in [5.41, 5.74) is 0.980. The summed E-state index contributed by atoms with van der Waals surface area (Å²) in [5.74, 6) is 1.55. The summed E-state index contributed by atoms with van der Waals surface area (Å²) >= 11 is 7.50. The van der Waals surface area contributed by atoms with E-state index in [4.69, 9.17) is 16.3 Å². The number of para-hydroxylation sites is 1. The third-order valence-electron chi connectivity index (χ3n) is 3.39. The molecule has 1 unspecified atom stereocenters. The van der Waals surface area contributed by atoms with Crippen molar-refractivity contribution in [3.8, 4) is 5.75 Å². The lowest BCUT2D eigenvalue weighted by Crippen LogP contribution is -2.27. The van der Waals surface area contributed by atoms with Crippen LogP contribution in [0, 0.1) is 0 Å². The van der Waals surface area contributed by atoms with Gasteiger partial charge in [-0.05, 0) is 37.3 Å². The number of halogens is 1. The Labute approximate surface area is 146 Å². The van der Waals surface area contributed by atoms with Gasteiger partial charge in [0.25, 0.3) is 0 Å². The Kier molecular flexibility index (Phi) is 6.81. The van der Waals surface area contributed by atoms with Gasteiger partial charge in [-0.1, -0.05) is 29.8 Å². The Balaban J connectivity index is 1.81. The van der Waals surface area contributed by atoms with E-state index in [9.17, 15) is 4.79 Å². The van der Waals surface area contributed by atoms with Crippen LogP contribution in [-0.4, -0.2) is 18.8 Å². The first-order chi connectivity index (χ1) is 11.1. The fourth-order valence-electron chi connectivity index (χ4n) is 2.21. The molecule has 0 aromatic heterocycles. The molecule has 122 valence electrons. The van der Waals surface area contributed by atoms with Gasteiger partial charge >= 0.3 is 0 Å². The summed E-state index contributed by atoms with van der Waals surface area (Å²) in [6.07, 6.45) is 0.465. The summed E-state index contributed by atoms with van der Waals surface area (Å²) in [4.78, 5) is 13.2. The molecule has 2 rings (SSSR count). The molecular weight excluding hydrogens is 330 g/mol. The molecule has 1 atom stereocenters. The smallest absolute Gasteiger partial charge is 0.221 e. The molecule has 1 N–H and O–H groups in total. The minimum absolute atomic E-state index is 0.0323. The lowest BCUT2D eigenvalue weighted by molar-refractivity contribution is -0.121. The molecule has 0 aliphatic carbocycles. The maximum absolute atomic E-state index is 12.1. The fraction of sp³-hybridized carbons (Fsp3) is 0.278. The van der Waals surface area contributed by atoms with Crippen LogP contribution in [0.4, 0.5) is 0 Å². The number of ether oxygens (including phenoxy) is 1. The molecule has 0 aliphatic rings. The summed E-state index contributed by atoms with van der Waals surface area (Å²) < 4.78 is 5.33. The number of hydrogen-bond acceptors (Lipinski definition) is 3. The Bertz CT molecular complexity index is 646. The molecule has 3 nitrogen and oxygen atoms in total. The molecule has 0 aliphatic heterocycles. The Morgan fingerprint density at radius 1 is 1.22 bits per heavy atom. The molecule has 2 aromatic carbocycles. The van der Waals surface area contributed by atoms with Gasteiger partial charge in [-0.2, -0.15) is 0 Å². The van der Waals surface area contributed by atoms with Crippen molar-refractivity contribution in [2.75, 3.05) is 12.9 Å². The maximum atomic E-state index is 12.1. The van der Waals surface area contributed by atoms with Gasteiger partial charge in [0, 0.05) is 27.7 Å². The number of carbonyl (C=O) groups is 1. The topological polar surface area (TPSA) is 38.3 Å². The van der Waals surface area contributed by atoms with E-state index >= 15 is 0 Å². The van der Waals surface area contributed by atoms with Crippen LogP contribution in [0.2, 0.25) is 5.02 Å². The van der Waals surface area contributed by atoms with Crippen LogP contribution in [0.5, 0.6) is 5.75 Å². The van der Waals surface area contributed by atoms with Crippen molar-refractivity contribution in [1.29, 1.82) is 0 Å². The highest BCUT2D eigenvalue weighted by molar-refractivity contribution is 7.99. The predicted octanol–water partition coefficient (Wildman–Crippen LogP) is 4.71. The number of rotatable bonds is 7. The Morgan fingerprint density at radius 3 is 2.61 bits per heavy atom. The van der Waals surface area contributed by atoms with Crippen molar-refractivity contribution in [3.63, 3.8) is 0 Å². The largest absolute Gasteiger partial charge is 0.496 e. The number of amides is 1. The first-order valence-corrected chi connectivity index (χ1v) is 8.77. The molecular formula is C18H20ClNO2S. The highest BCUT2D eigenvalue weighted by Crippen LogP contribution is 2.25. The minimum atomic E-state index is -0.0841. The molecule has 0 spiro atoms. The third kappa shape index (κ3) is 5.48. The van der Waals surface area contributed by atoms with E-state index in [1.165, 1.54) is 0 Å². The fourth-order valence-corrected chi connectivity index (χ4v) is 3.19. The summed E-state index contributed by atoms with van der Waals surface area (Å²) in [5, 5.41) is 3.73. The monoisotopic (exact) mass is 349 g/mol. The average Bonchev–Trinajstić information content (AvgIpc) is 2.56. The summed E-state index contributed by atoms with van der Waals surface area (Å²) in [7, 11) is 1.64. The number of methoxy groups -OCH3 is 1. The van der Waals surface area contributed by atoms with Gasteiger partial charge in [0.15, 0.2) is 0 Å². The van der Waals surface area contributed by atoms with Gasteiger partial charge in [0.2, 0.25) is 5.91 Å². The highest BCUT2D eigenvalue weighted by atomic mass is 35.5. The molecule has 0 radical (unpaired) electrons. The van der Waals surface area contributed by atoms with E-state index in [2.05, 4.69) is 5.32 Å². The van der Waals surface area contributed by atoms with Crippen molar-refractivity contribution in [2.24, 2.45) is 0 Å². The second-order valence-electron chi connectivity index (χ2n) is 5.08. The van der Waals surface area contributed by atoms with Gasteiger partial charge in [0.05, 0.1) is 13.2 Å². The zero-order valence-electron chi connectivity index (χ0n) is 13.2. The van der Waals surface area contributed by atoms with Crippen LogP contribution in [0.1, 0.15) is 24.9 Å². The molecule has 2 aromatic rings. The Morgan fingerprint density at radius 2 is 1.91 bits per heavy atom. The van der Waals surface area contributed by atoms with E-state index in [1.807, 2.05) is 55.5 Å². The van der Waals surface area contributed by atoms with Crippen LogP contribution in [0.15, 0.2) is 53.4 Å². The van der Waals surface area contributed by atoms with Crippen molar-refractivity contribution in [2.45, 2.75) is 24.3 Å². The predicted molar refractivity (Wildman–Crippen MR) is 96.3 cm³/mol. The van der Waals surface area contributed by atoms with Gasteiger partial charge < -0.3 is 10.1 Å². The zero-order chi connectivity index (χ0) is 16.7. The Hall–Kier alpha value is -1.65. The van der Waals surface area contributed by atoms with Crippen LogP contribution >= 0.6 is 23.4 Å². The van der Waals surface area contributed by atoms with E-state index in [0.717, 1.165) is 27.0 Å². The third-order valence-corrected chi connectivity index (χ3v) is 4.66. The van der Waals surface area contributed by atoms with Gasteiger partial charge in [-0.25, -0.2) is 0 Å². The molecule has 0 fully saturated rings. The maximum Gasteiger partial charge on any atom is 0.221 e. The van der Waals surface area contributed by atoms with Crippen molar-refractivity contribution >= 4 is 29.3 Å². The van der Waals surface area contributed by atoms with Crippen LogP contribution < -0.4 is 10.1 Å². The van der Waals surface area contributed by atoms with E-state index in [0.29, 0.717) is 6.42 Å². The van der Waals surface area contributed by atoms with Crippen LogP contribution in [0.3, 0.4) is 0 Å². The number of thioether (sulfide) groups is 1. The van der Waals surface area contributed by atoms with Crippen molar-refractivity contribution in [3.05, 3.63) is 59.1 Å². The molecule has 0 bridgehead atoms. The SMILES string of the molecule is COc1ccccc1C(C)NC(=O)CCSc1ccc(Cl)cc1. The molecule has 23 heavy (non-hydrogen) atoms. The first-order valence-electron chi connectivity index (χ1n) is 7.41. The molecule has 0 saturated carbocycles. The second kappa shape index (κ2) is 8.85. The van der Waals surface area contributed by atoms with Gasteiger partial charge in [0.1, 0.15) is 5.75 Å². The summed E-state index contributed by atoms with van der Waals surface area (Å²) in [6.45, 7) is 1.96. The van der Waals surface area contributed by atoms with Crippen LogP contribution in [-0.2, 0) is 4.79 Å². The van der Waals surface area contributed by atoms with E-state index < -0.39 is 0 Å². The number of benzene rings is 2. The highest BCUT2D eigenvalue weighted by Gasteiger charge is 2.13. The number of carbonyl (C=O) groups excluding carboxylic acids is 1. The van der Waals surface area contributed by atoms with E-state index in [-0.39, 0.29) is 11.9 Å². The summed E-state index contributed by atoms with van der Waals surface area (Å²) in [6, 6.07) is 15.3. The molecule has 0 saturated heterocycles. The lowest BCUT2D eigenvalue weighted by atomic mass is 10.1. The van der Waals surface area contributed by atoms with Crippen molar-refractivity contribution in [1.82, 2.24) is 5.32 Å². The van der Waals surface area contributed by atoms with E-state index in [1.54, 1.807) is 18.9 Å². The normalized spacial score (nSPS) is 11.8. The van der Waals surface area contributed by atoms with Crippen LogP contribution in [0.25, 0.3) is 0 Å². The molecule has 1 amide bonds. The number of hydrogen-bond donors (Lipinski definition) is 1. The molecule has 5 heteroatoms. The van der Waals surface area contributed by atoms with Crippen molar-refractivity contribution < 1.29 is 9.53 Å². The lowest BCUT2D eigenvalue weighted by Gasteiger charge is -2.17. The first kappa shape index (κ1) is 17.7. The zero-order valence-corrected chi connectivity index (χ0v) is 14.8. The quantitative estimate of drug-likeness (QED) is 0.736.